The van der Waals surface area contributed by atoms with Gasteiger partial charge in [-0.3, -0.25) is 0 Å². The Morgan fingerprint density at radius 2 is 2.15 bits per heavy atom. The van der Waals surface area contributed by atoms with Crippen LogP contribution in [0.5, 0.6) is 0 Å². The van der Waals surface area contributed by atoms with Gasteiger partial charge in [-0.25, -0.2) is 10.8 Å². The molecule has 0 aliphatic carbocycles. The molecule has 3 N–H and O–H groups in total. The highest BCUT2D eigenvalue weighted by Gasteiger charge is 2.26. The minimum atomic E-state index is 0.444. The highest BCUT2D eigenvalue weighted by molar-refractivity contribution is 6.31. The first kappa shape index (κ1) is 13.2. The average Bonchev–Trinajstić information content (AvgIpc) is 2.77. The maximum atomic E-state index is 6.25. The second-order valence-electron chi connectivity index (χ2n) is 5.08. The monoisotopic (exact) mass is 288 g/mol. The lowest BCUT2D eigenvalue weighted by atomic mass is 10.1. The van der Waals surface area contributed by atoms with E-state index >= 15 is 0 Å². The van der Waals surface area contributed by atoms with Crippen LogP contribution in [-0.4, -0.2) is 11.0 Å². The summed E-state index contributed by atoms with van der Waals surface area (Å²) in [5, 5.41) is 0.667. The van der Waals surface area contributed by atoms with E-state index in [1.54, 1.807) is 6.07 Å². The molecule has 0 bridgehead atoms. The van der Waals surface area contributed by atoms with Gasteiger partial charge in [0.05, 0.1) is 17.3 Å². The number of halogens is 1. The van der Waals surface area contributed by atoms with Crippen LogP contribution >= 0.6 is 11.6 Å². The highest BCUT2D eigenvalue weighted by Crippen LogP contribution is 2.33. The first-order valence-electron chi connectivity index (χ1n) is 6.65. The summed E-state index contributed by atoms with van der Waals surface area (Å²) >= 11 is 6.25. The fraction of sp³-hybridized carbons (Fsp3) is 0.267. The quantitative estimate of drug-likeness (QED) is 0.673. The number of rotatable bonds is 3. The summed E-state index contributed by atoms with van der Waals surface area (Å²) in [6, 6.07) is 12.5. The smallest absolute Gasteiger partial charge is 0.140 e. The number of hydrogen-bond acceptors (Lipinski definition) is 4. The summed E-state index contributed by atoms with van der Waals surface area (Å²) in [5.41, 5.74) is 6.05. The molecule has 5 heteroatoms. The number of anilines is 2. The van der Waals surface area contributed by atoms with Crippen molar-refractivity contribution < 1.29 is 0 Å². The number of pyridine rings is 1. The molecule has 104 valence electrons. The largest absolute Gasteiger partial charge is 0.362 e. The Morgan fingerprint density at radius 3 is 2.95 bits per heavy atom. The lowest BCUT2D eigenvalue weighted by molar-refractivity contribution is 0.665. The second-order valence-corrected chi connectivity index (χ2v) is 5.49. The molecule has 4 nitrogen and oxygen atoms in total. The maximum absolute atomic E-state index is 6.25. The van der Waals surface area contributed by atoms with Crippen LogP contribution in [0, 0.1) is 0 Å². The van der Waals surface area contributed by atoms with Crippen LogP contribution in [0.3, 0.4) is 0 Å². The molecule has 1 unspecified atom stereocenters. The fourth-order valence-electron chi connectivity index (χ4n) is 2.71. The molecule has 0 radical (unpaired) electrons. The van der Waals surface area contributed by atoms with E-state index < -0.39 is 0 Å². The molecular formula is C15H17ClN4. The summed E-state index contributed by atoms with van der Waals surface area (Å²) in [5.74, 6) is 6.04. The Labute approximate surface area is 123 Å². The van der Waals surface area contributed by atoms with Crippen molar-refractivity contribution >= 4 is 23.1 Å². The van der Waals surface area contributed by atoms with E-state index in [0.717, 1.165) is 12.1 Å². The third-order valence-electron chi connectivity index (χ3n) is 3.74. The van der Waals surface area contributed by atoms with Crippen LogP contribution in [-0.2, 0) is 13.0 Å². The Hall–Kier alpha value is -1.78. The SMILES string of the molecule is CC1Cc2ccccc2N1Cc1nc(NN)ccc1Cl. The van der Waals surface area contributed by atoms with E-state index in [4.69, 9.17) is 17.4 Å². The van der Waals surface area contributed by atoms with Crippen LogP contribution in [0.15, 0.2) is 36.4 Å². The summed E-state index contributed by atoms with van der Waals surface area (Å²) in [7, 11) is 0. The molecule has 0 fully saturated rings. The van der Waals surface area contributed by atoms with Crippen molar-refractivity contribution in [1.82, 2.24) is 4.98 Å². The number of fused-ring (bicyclic) bond motifs is 1. The van der Waals surface area contributed by atoms with Gasteiger partial charge in [-0.05, 0) is 37.1 Å². The summed E-state index contributed by atoms with van der Waals surface area (Å²) in [6.45, 7) is 2.91. The Kier molecular flexibility index (Phi) is 3.51. The molecule has 0 spiro atoms. The topological polar surface area (TPSA) is 54.2 Å². The van der Waals surface area contributed by atoms with Gasteiger partial charge in [0.15, 0.2) is 0 Å². The minimum absolute atomic E-state index is 0.444. The Morgan fingerprint density at radius 1 is 1.35 bits per heavy atom. The van der Waals surface area contributed by atoms with E-state index in [1.165, 1.54) is 11.3 Å². The van der Waals surface area contributed by atoms with Crippen LogP contribution in [0.25, 0.3) is 0 Å². The molecule has 3 rings (SSSR count). The van der Waals surface area contributed by atoms with Gasteiger partial charge in [0.25, 0.3) is 0 Å². The Balaban J connectivity index is 1.92. The highest BCUT2D eigenvalue weighted by atomic mass is 35.5. The summed E-state index contributed by atoms with van der Waals surface area (Å²) < 4.78 is 0. The molecular weight excluding hydrogens is 272 g/mol. The van der Waals surface area contributed by atoms with Gasteiger partial charge >= 0.3 is 0 Å². The number of hydrogen-bond donors (Lipinski definition) is 2. The van der Waals surface area contributed by atoms with E-state index in [0.29, 0.717) is 23.4 Å². The normalized spacial score (nSPS) is 17.1. The van der Waals surface area contributed by atoms with Crippen LogP contribution in [0.1, 0.15) is 18.2 Å². The van der Waals surface area contributed by atoms with Crippen molar-refractivity contribution in [1.29, 1.82) is 0 Å². The van der Waals surface area contributed by atoms with E-state index in [-0.39, 0.29) is 0 Å². The first-order chi connectivity index (χ1) is 9.69. The maximum Gasteiger partial charge on any atom is 0.140 e. The van der Waals surface area contributed by atoms with Gasteiger partial charge in [0.1, 0.15) is 5.82 Å². The summed E-state index contributed by atoms with van der Waals surface area (Å²) in [6.07, 6.45) is 1.06. The molecule has 1 atom stereocenters. The van der Waals surface area contributed by atoms with Crippen molar-refractivity contribution in [2.24, 2.45) is 5.84 Å². The van der Waals surface area contributed by atoms with Crippen molar-refractivity contribution in [3.8, 4) is 0 Å². The number of nitrogens with zero attached hydrogens (tertiary/aromatic N) is 2. The zero-order valence-electron chi connectivity index (χ0n) is 11.3. The van der Waals surface area contributed by atoms with Crippen molar-refractivity contribution in [3.63, 3.8) is 0 Å². The molecule has 2 heterocycles. The third-order valence-corrected chi connectivity index (χ3v) is 4.08. The van der Waals surface area contributed by atoms with Crippen molar-refractivity contribution in [3.05, 3.63) is 52.7 Å². The number of hydrazine groups is 1. The molecule has 20 heavy (non-hydrogen) atoms. The van der Waals surface area contributed by atoms with E-state index in [2.05, 4.69) is 46.5 Å². The second kappa shape index (κ2) is 5.31. The lowest BCUT2D eigenvalue weighted by Gasteiger charge is -2.25. The zero-order chi connectivity index (χ0) is 14.1. The van der Waals surface area contributed by atoms with Gasteiger partial charge in [-0.15, -0.1) is 0 Å². The van der Waals surface area contributed by atoms with Crippen LogP contribution in [0.4, 0.5) is 11.5 Å². The standard InChI is InChI=1S/C15H17ClN4/c1-10-8-11-4-2-3-5-14(11)20(10)9-13-12(16)6-7-15(18-13)19-17/h2-7,10H,8-9,17H2,1H3,(H,18,19). The molecule has 1 aliphatic heterocycles. The molecule has 1 aromatic carbocycles. The first-order valence-corrected chi connectivity index (χ1v) is 7.03. The predicted octanol–water partition coefficient (Wildman–Crippen LogP) is 2.97. The predicted molar refractivity (Wildman–Crippen MR) is 82.8 cm³/mol. The lowest BCUT2D eigenvalue weighted by Crippen LogP contribution is -2.29. The van der Waals surface area contributed by atoms with Crippen molar-refractivity contribution in [2.75, 3.05) is 10.3 Å². The van der Waals surface area contributed by atoms with E-state index in [9.17, 15) is 0 Å². The molecule has 0 saturated heterocycles. The van der Waals surface area contributed by atoms with Gasteiger partial charge in [-0.2, -0.15) is 0 Å². The number of benzene rings is 1. The minimum Gasteiger partial charge on any atom is -0.362 e. The summed E-state index contributed by atoms with van der Waals surface area (Å²) in [4.78, 5) is 6.79. The number of nitrogens with one attached hydrogen (secondary N) is 1. The Bertz CT molecular complexity index is 629. The third kappa shape index (κ3) is 2.32. The van der Waals surface area contributed by atoms with E-state index in [1.807, 2.05) is 6.07 Å². The fourth-order valence-corrected chi connectivity index (χ4v) is 2.87. The number of para-hydroxylation sites is 1. The molecule has 1 aromatic heterocycles. The number of aromatic nitrogens is 1. The number of nitrogens with two attached hydrogens (primary N) is 1. The van der Waals surface area contributed by atoms with Gasteiger partial charge in [0, 0.05) is 11.7 Å². The van der Waals surface area contributed by atoms with Gasteiger partial charge in [-0.1, -0.05) is 29.8 Å². The average molecular weight is 289 g/mol. The molecule has 0 amide bonds. The number of nitrogen functional groups attached to an aromatic ring is 1. The van der Waals surface area contributed by atoms with Crippen LogP contribution in [0.2, 0.25) is 5.02 Å². The molecule has 0 saturated carbocycles. The zero-order valence-corrected chi connectivity index (χ0v) is 12.1. The van der Waals surface area contributed by atoms with Gasteiger partial charge in [0.2, 0.25) is 0 Å². The van der Waals surface area contributed by atoms with Crippen molar-refractivity contribution in [2.45, 2.75) is 25.9 Å². The van der Waals surface area contributed by atoms with Crippen LogP contribution < -0.4 is 16.2 Å². The molecule has 1 aliphatic rings. The van der Waals surface area contributed by atoms with Gasteiger partial charge < -0.3 is 10.3 Å². The molecule has 2 aromatic rings.